The van der Waals surface area contributed by atoms with Crippen LogP contribution in [0.4, 0.5) is 28.7 Å². The van der Waals surface area contributed by atoms with Crippen molar-refractivity contribution in [2.24, 2.45) is 20.5 Å². The standard InChI is InChI=1S/C40H44N10O/c1-7-11-26-48(27-12-8-2)33-21-19-32(20-22-33)45-47-37-25-24-36(49(37)10-4)46-44-31-17-14-30(15-18-31)16-23-34-38(43-6)39(35(29-41)42-5)50(40(34)51)28-13-9-3/h14-25H,7-13,26-28H2,1-4H3/b23-16+,39-35+,46-44?,47-45?. The lowest BCUT2D eigenvalue weighted by molar-refractivity contribution is -0.124. The molecule has 0 bridgehead atoms. The van der Waals surface area contributed by atoms with Crippen molar-refractivity contribution in [2.75, 3.05) is 24.5 Å². The minimum Gasteiger partial charge on any atom is -0.372 e. The Morgan fingerprint density at radius 2 is 1.37 bits per heavy atom. The van der Waals surface area contributed by atoms with Crippen molar-refractivity contribution in [3.63, 3.8) is 0 Å². The van der Waals surface area contributed by atoms with Crippen molar-refractivity contribution >= 4 is 40.7 Å². The van der Waals surface area contributed by atoms with Crippen molar-refractivity contribution in [3.8, 4) is 6.07 Å². The fourth-order valence-electron chi connectivity index (χ4n) is 5.56. The molecular weight excluding hydrogens is 637 g/mol. The summed E-state index contributed by atoms with van der Waals surface area (Å²) in [6.45, 7) is 26.6. The van der Waals surface area contributed by atoms with Crippen LogP contribution in [0.1, 0.15) is 71.8 Å². The third-order valence-electron chi connectivity index (χ3n) is 8.41. The Kier molecular flexibility index (Phi) is 14.2. The summed E-state index contributed by atoms with van der Waals surface area (Å²) in [6.07, 6.45) is 9.49. The number of nitrogens with zero attached hydrogens (tertiary/aromatic N) is 10. The average Bonchev–Trinajstić information content (AvgIpc) is 3.68. The molecule has 2 heterocycles. The second-order valence-corrected chi connectivity index (χ2v) is 11.9. The van der Waals surface area contributed by atoms with Crippen LogP contribution in [0.5, 0.6) is 0 Å². The molecule has 2 aromatic carbocycles. The Hall–Kier alpha value is -6.12. The van der Waals surface area contributed by atoms with Gasteiger partial charge in [0.05, 0.1) is 36.3 Å². The van der Waals surface area contributed by atoms with Crippen molar-refractivity contribution in [1.82, 2.24) is 9.47 Å². The Morgan fingerprint density at radius 1 is 0.804 bits per heavy atom. The lowest BCUT2D eigenvalue weighted by Gasteiger charge is -2.24. The molecule has 0 N–H and O–H groups in total. The molecule has 0 unspecified atom stereocenters. The highest BCUT2D eigenvalue weighted by Crippen LogP contribution is 2.35. The number of unbranched alkanes of at least 4 members (excludes halogenated alkanes) is 3. The molecule has 51 heavy (non-hydrogen) atoms. The summed E-state index contributed by atoms with van der Waals surface area (Å²) in [4.78, 5) is 23.9. The molecule has 0 fully saturated rings. The molecular formula is C40H44N10O. The van der Waals surface area contributed by atoms with Crippen LogP contribution in [-0.4, -0.2) is 35.0 Å². The van der Waals surface area contributed by atoms with Crippen LogP contribution in [0, 0.1) is 24.5 Å². The van der Waals surface area contributed by atoms with Gasteiger partial charge in [0.2, 0.25) is 11.6 Å². The SMILES string of the molecule is [C-]#[N+]C1=C(/C=C/c2ccc(N=Nc3ccc(N=Nc4ccc(N(CCCC)CCCC)cc4)n3CC)cc2)C(=O)N(CCCC)/C1=C(\C#N)[N+]#[C-]. The van der Waals surface area contributed by atoms with Gasteiger partial charge >= 0.3 is 0 Å². The van der Waals surface area contributed by atoms with Gasteiger partial charge < -0.3 is 14.4 Å². The fourth-order valence-corrected chi connectivity index (χ4v) is 5.56. The van der Waals surface area contributed by atoms with Crippen LogP contribution < -0.4 is 4.90 Å². The van der Waals surface area contributed by atoms with Gasteiger partial charge in [-0.2, -0.15) is 0 Å². The van der Waals surface area contributed by atoms with Gasteiger partial charge in [-0.05, 0) is 80.3 Å². The largest absolute Gasteiger partial charge is 0.372 e. The lowest BCUT2D eigenvalue weighted by Crippen LogP contribution is -2.27. The van der Waals surface area contributed by atoms with Crippen LogP contribution in [-0.2, 0) is 11.3 Å². The predicted molar refractivity (Wildman–Crippen MR) is 202 cm³/mol. The van der Waals surface area contributed by atoms with Crippen molar-refractivity contribution < 1.29 is 4.79 Å². The van der Waals surface area contributed by atoms with E-state index in [0.29, 0.717) is 36.8 Å². The summed E-state index contributed by atoms with van der Waals surface area (Å²) in [5.41, 5.74) is 3.43. The number of azo groups is 2. The van der Waals surface area contributed by atoms with Crippen LogP contribution in [0.3, 0.4) is 0 Å². The number of benzene rings is 2. The smallest absolute Gasteiger partial charge is 0.274 e. The lowest BCUT2D eigenvalue weighted by atomic mass is 10.1. The zero-order valence-electron chi connectivity index (χ0n) is 29.9. The molecule has 0 radical (unpaired) electrons. The number of aromatic nitrogens is 1. The maximum Gasteiger partial charge on any atom is 0.274 e. The molecule has 1 aliphatic rings. The molecule has 11 nitrogen and oxygen atoms in total. The molecule has 0 saturated carbocycles. The molecule has 0 saturated heterocycles. The first-order chi connectivity index (χ1) is 24.9. The van der Waals surface area contributed by atoms with Crippen LogP contribution >= 0.6 is 0 Å². The van der Waals surface area contributed by atoms with Gasteiger partial charge in [-0.25, -0.2) is 15.0 Å². The molecule has 3 aromatic rings. The number of hydrogen-bond donors (Lipinski definition) is 0. The summed E-state index contributed by atoms with van der Waals surface area (Å²) in [5, 5.41) is 27.4. The van der Waals surface area contributed by atoms with Gasteiger partial charge in [0.15, 0.2) is 11.6 Å². The monoisotopic (exact) mass is 680 g/mol. The zero-order chi connectivity index (χ0) is 36.6. The highest BCUT2D eigenvalue weighted by atomic mass is 16.2. The van der Waals surface area contributed by atoms with Gasteiger partial charge in [-0.15, -0.1) is 20.5 Å². The molecule has 11 heteroatoms. The first-order valence-electron chi connectivity index (χ1n) is 17.5. The van der Waals surface area contributed by atoms with Crippen molar-refractivity contribution in [3.05, 3.63) is 118 Å². The Bertz CT molecular complexity index is 1920. The molecule has 260 valence electrons. The minimum absolute atomic E-state index is 0.0213. The molecule has 1 aliphatic heterocycles. The quantitative estimate of drug-likeness (QED) is 0.0803. The normalized spacial score (nSPS) is 14.1. The Labute approximate surface area is 301 Å². The summed E-state index contributed by atoms with van der Waals surface area (Å²) in [5.74, 6) is 0.951. The van der Waals surface area contributed by atoms with E-state index in [4.69, 9.17) is 13.1 Å². The number of carbonyl (C=O) groups excluding carboxylic acids is 1. The summed E-state index contributed by atoms with van der Waals surface area (Å²) in [7, 11) is 0. The number of allylic oxidation sites excluding steroid dienone is 1. The third-order valence-corrected chi connectivity index (χ3v) is 8.41. The number of rotatable bonds is 17. The fraction of sp³-hybridized carbons (Fsp3) is 0.350. The van der Waals surface area contributed by atoms with Gasteiger partial charge in [0.1, 0.15) is 0 Å². The summed E-state index contributed by atoms with van der Waals surface area (Å²) < 4.78 is 1.94. The first kappa shape index (κ1) is 37.7. The average molecular weight is 681 g/mol. The van der Waals surface area contributed by atoms with Crippen LogP contribution in [0.25, 0.3) is 15.8 Å². The summed E-state index contributed by atoms with van der Waals surface area (Å²) in [6, 6.07) is 21.1. The van der Waals surface area contributed by atoms with E-state index in [1.807, 2.05) is 73.0 Å². The van der Waals surface area contributed by atoms with E-state index >= 15 is 0 Å². The van der Waals surface area contributed by atoms with E-state index in [9.17, 15) is 10.1 Å². The number of nitriles is 1. The molecule has 0 atom stereocenters. The van der Waals surface area contributed by atoms with E-state index in [0.717, 1.165) is 30.8 Å². The van der Waals surface area contributed by atoms with E-state index in [1.54, 1.807) is 12.2 Å². The van der Waals surface area contributed by atoms with Crippen molar-refractivity contribution in [1.29, 1.82) is 5.26 Å². The maximum atomic E-state index is 13.3. The van der Waals surface area contributed by atoms with E-state index in [1.165, 1.54) is 36.3 Å². The minimum atomic E-state index is -0.384. The van der Waals surface area contributed by atoms with Crippen molar-refractivity contribution in [2.45, 2.75) is 72.8 Å². The maximum absolute atomic E-state index is 13.3. The van der Waals surface area contributed by atoms with E-state index in [2.05, 4.69) is 61.0 Å². The Morgan fingerprint density at radius 3 is 1.86 bits per heavy atom. The van der Waals surface area contributed by atoms with Gasteiger partial charge in [0.25, 0.3) is 5.70 Å². The zero-order valence-corrected chi connectivity index (χ0v) is 29.9. The number of carbonyl (C=O) groups is 1. The third kappa shape index (κ3) is 9.53. The second-order valence-electron chi connectivity index (χ2n) is 11.9. The molecule has 1 amide bonds. The van der Waals surface area contributed by atoms with Gasteiger partial charge in [-0.1, -0.05) is 64.3 Å². The molecule has 1 aromatic heterocycles. The summed E-state index contributed by atoms with van der Waals surface area (Å²) >= 11 is 0. The van der Waals surface area contributed by atoms with Crippen LogP contribution in [0.15, 0.2) is 110 Å². The van der Waals surface area contributed by atoms with Crippen LogP contribution in [0.2, 0.25) is 0 Å². The number of anilines is 1. The highest BCUT2D eigenvalue weighted by Gasteiger charge is 2.36. The topological polar surface area (TPSA) is 110 Å². The highest BCUT2D eigenvalue weighted by molar-refractivity contribution is 6.04. The number of hydrogen-bond acceptors (Lipinski definition) is 7. The van der Waals surface area contributed by atoms with Gasteiger partial charge in [0, 0.05) is 37.4 Å². The van der Waals surface area contributed by atoms with E-state index < -0.39 is 0 Å². The molecule has 0 spiro atoms. The number of amides is 1. The second kappa shape index (κ2) is 19.2. The molecule has 4 rings (SSSR count). The predicted octanol–water partition coefficient (Wildman–Crippen LogP) is 11.2. The first-order valence-corrected chi connectivity index (χ1v) is 17.5. The molecule has 0 aliphatic carbocycles. The Balaban J connectivity index is 1.46. The van der Waals surface area contributed by atoms with E-state index in [-0.39, 0.29) is 28.6 Å². The van der Waals surface area contributed by atoms with Gasteiger partial charge in [-0.3, -0.25) is 4.79 Å².